The molecule has 0 saturated carbocycles. The number of nitrogens with two attached hydrogens (primary N) is 1. The van der Waals surface area contributed by atoms with Gasteiger partial charge < -0.3 is 11.1 Å². The van der Waals surface area contributed by atoms with Crippen molar-refractivity contribution >= 4 is 11.7 Å². The van der Waals surface area contributed by atoms with Gasteiger partial charge in [-0.25, -0.2) is 0 Å². The van der Waals surface area contributed by atoms with Gasteiger partial charge in [0.15, 0.2) is 0 Å². The topological polar surface area (TPSA) is 72.2 Å². The minimum absolute atomic E-state index is 0.0260. The highest BCUT2D eigenvalue weighted by atomic mass is 16.2. The summed E-state index contributed by atoms with van der Waals surface area (Å²) in [7, 11) is 0. The van der Waals surface area contributed by atoms with Gasteiger partial charge >= 0.3 is 0 Å². The number of Topliss-reactive ketones (excluding diaryl/α,β-unsaturated/α-hetero) is 1. The summed E-state index contributed by atoms with van der Waals surface area (Å²) < 4.78 is 0. The lowest BCUT2D eigenvalue weighted by Gasteiger charge is -2.22. The second-order valence-electron chi connectivity index (χ2n) is 10.1. The Balaban J connectivity index is 4.33. The molecule has 0 aliphatic rings. The van der Waals surface area contributed by atoms with Crippen LogP contribution in [0.2, 0.25) is 0 Å². The van der Waals surface area contributed by atoms with Crippen molar-refractivity contribution < 1.29 is 9.59 Å². The third-order valence-corrected chi connectivity index (χ3v) is 4.53. The number of unbranched alkanes of at least 4 members (excludes halogenated alkanes) is 3. The van der Waals surface area contributed by atoms with E-state index >= 15 is 0 Å². The molecular weight excluding hydrogens is 324 g/mol. The largest absolute Gasteiger partial charge is 0.355 e. The maximum Gasteiger partial charge on any atom is 0.223 e. The van der Waals surface area contributed by atoms with Gasteiger partial charge in [-0.2, -0.15) is 0 Å². The Hall–Kier alpha value is -0.900. The lowest BCUT2D eigenvalue weighted by atomic mass is 9.89. The van der Waals surface area contributed by atoms with Crippen LogP contribution in [0.15, 0.2) is 0 Å². The van der Waals surface area contributed by atoms with E-state index < -0.39 is 0 Å². The normalized spacial score (nSPS) is 13.5. The number of amides is 1. The highest BCUT2D eigenvalue weighted by Gasteiger charge is 2.22. The van der Waals surface area contributed by atoms with Crippen molar-refractivity contribution in [3.8, 4) is 0 Å². The molecule has 0 bridgehead atoms. The number of hydrogen-bond acceptors (Lipinski definition) is 3. The molecule has 0 aromatic carbocycles. The van der Waals surface area contributed by atoms with E-state index in [0.29, 0.717) is 31.3 Å². The van der Waals surface area contributed by atoms with Gasteiger partial charge in [0.05, 0.1) is 0 Å². The molecule has 0 aliphatic carbocycles. The van der Waals surface area contributed by atoms with Crippen molar-refractivity contribution in [2.75, 3.05) is 13.1 Å². The molecule has 1 atom stereocenters. The SMILES string of the molecule is CC(C)(C)CCCCCC(=O)C[C@@H](CCCCN)C(=O)NCC(C)(C)C. The van der Waals surface area contributed by atoms with E-state index in [0.717, 1.165) is 32.1 Å². The van der Waals surface area contributed by atoms with Gasteiger partial charge in [-0.05, 0) is 43.1 Å². The summed E-state index contributed by atoms with van der Waals surface area (Å²) in [4.78, 5) is 24.9. The zero-order valence-electron chi connectivity index (χ0n) is 18.2. The van der Waals surface area contributed by atoms with Gasteiger partial charge in [-0.1, -0.05) is 60.8 Å². The van der Waals surface area contributed by atoms with E-state index in [1.54, 1.807) is 0 Å². The highest BCUT2D eigenvalue weighted by molar-refractivity contribution is 5.86. The van der Waals surface area contributed by atoms with Gasteiger partial charge in [-0.3, -0.25) is 9.59 Å². The molecule has 1 amide bonds. The lowest BCUT2D eigenvalue weighted by Crippen LogP contribution is -2.37. The van der Waals surface area contributed by atoms with E-state index in [-0.39, 0.29) is 23.0 Å². The molecule has 0 radical (unpaired) electrons. The Morgan fingerprint density at radius 1 is 0.885 bits per heavy atom. The smallest absolute Gasteiger partial charge is 0.223 e. The van der Waals surface area contributed by atoms with E-state index in [4.69, 9.17) is 5.73 Å². The average molecular weight is 369 g/mol. The monoisotopic (exact) mass is 368 g/mol. The Morgan fingerprint density at radius 2 is 1.54 bits per heavy atom. The Kier molecular flexibility index (Phi) is 12.0. The predicted molar refractivity (Wildman–Crippen MR) is 111 cm³/mol. The third-order valence-electron chi connectivity index (χ3n) is 4.53. The zero-order valence-corrected chi connectivity index (χ0v) is 18.2. The predicted octanol–water partition coefficient (Wildman–Crippen LogP) is 4.85. The Bertz CT molecular complexity index is 405. The van der Waals surface area contributed by atoms with E-state index in [2.05, 4.69) is 46.9 Å². The molecule has 0 heterocycles. The van der Waals surface area contributed by atoms with Crippen LogP contribution in [0.1, 0.15) is 99.3 Å². The van der Waals surface area contributed by atoms with Crippen LogP contribution in [0, 0.1) is 16.7 Å². The quantitative estimate of drug-likeness (QED) is 0.456. The first-order valence-corrected chi connectivity index (χ1v) is 10.4. The molecule has 4 heteroatoms. The minimum atomic E-state index is -0.203. The van der Waals surface area contributed by atoms with Gasteiger partial charge in [0.2, 0.25) is 5.91 Å². The van der Waals surface area contributed by atoms with E-state index in [9.17, 15) is 9.59 Å². The van der Waals surface area contributed by atoms with Crippen LogP contribution < -0.4 is 11.1 Å². The summed E-state index contributed by atoms with van der Waals surface area (Å²) in [6.45, 7) is 14.3. The first-order chi connectivity index (χ1) is 11.9. The summed E-state index contributed by atoms with van der Waals surface area (Å²) >= 11 is 0. The van der Waals surface area contributed by atoms with Crippen LogP contribution in [-0.2, 0) is 9.59 Å². The van der Waals surface area contributed by atoms with Gasteiger partial charge in [0.1, 0.15) is 5.78 Å². The molecule has 3 N–H and O–H groups in total. The lowest BCUT2D eigenvalue weighted by molar-refractivity contribution is -0.130. The molecule has 0 saturated heterocycles. The molecule has 0 aromatic heterocycles. The van der Waals surface area contributed by atoms with Crippen LogP contribution in [0.3, 0.4) is 0 Å². The Morgan fingerprint density at radius 3 is 2.08 bits per heavy atom. The summed E-state index contributed by atoms with van der Waals surface area (Å²) in [5, 5.41) is 3.03. The van der Waals surface area contributed by atoms with Crippen molar-refractivity contribution in [2.45, 2.75) is 99.3 Å². The van der Waals surface area contributed by atoms with Crippen LogP contribution in [0.25, 0.3) is 0 Å². The van der Waals surface area contributed by atoms with Crippen molar-refractivity contribution in [1.82, 2.24) is 5.32 Å². The molecule has 0 fully saturated rings. The minimum Gasteiger partial charge on any atom is -0.355 e. The Labute approximate surface area is 162 Å². The molecular formula is C22H44N2O2. The maximum atomic E-state index is 12.5. The maximum absolute atomic E-state index is 12.5. The van der Waals surface area contributed by atoms with Crippen LogP contribution >= 0.6 is 0 Å². The molecule has 0 unspecified atom stereocenters. The van der Waals surface area contributed by atoms with Crippen LogP contribution in [0.5, 0.6) is 0 Å². The van der Waals surface area contributed by atoms with Crippen LogP contribution in [-0.4, -0.2) is 24.8 Å². The fraction of sp³-hybridized carbons (Fsp3) is 0.909. The molecule has 0 aromatic rings. The highest BCUT2D eigenvalue weighted by Crippen LogP contribution is 2.23. The van der Waals surface area contributed by atoms with Gasteiger partial charge in [0, 0.05) is 25.3 Å². The molecule has 26 heavy (non-hydrogen) atoms. The van der Waals surface area contributed by atoms with Gasteiger partial charge in [-0.15, -0.1) is 0 Å². The number of rotatable bonds is 13. The molecule has 4 nitrogen and oxygen atoms in total. The number of nitrogens with one attached hydrogen (secondary N) is 1. The fourth-order valence-corrected chi connectivity index (χ4v) is 2.89. The van der Waals surface area contributed by atoms with Crippen molar-refractivity contribution in [3.63, 3.8) is 0 Å². The molecule has 0 rings (SSSR count). The summed E-state index contributed by atoms with van der Waals surface area (Å²) in [5.41, 5.74) is 5.98. The molecule has 154 valence electrons. The summed E-state index contributed by atoms with van der Waals surface area (Å²) in [5.74, 6) is 0.0495. The average Bonchev–Trinajstić information content (AvgIpc) is 2.49. The van der Waals surface area contributed by atoms with Gasteiger partial charge in [0.25, 0.3) is 0 Å². The first-order valence-electron chi connectivity index (χ1n) is 10.4. The second kappa shape index (κ2) is 12.5. The van der Waals surface area contributed by atoms with Crippen LogP contribution in [0.4, 0.5) is 0 Å². The molecule has 0 spiro atoms. The molecule has 0 aliphatic heterocycles. The standard InChI is InChI=1S/C22H44N2O2/c1-21(2,3)14-10-7-8-13-19(25)16-18(12-9-11-15-23)20(26)24-17-22(4,5)6/h18H,7-17,23H2,1-6H3,(H,24,26)/t18-/m1/s1. The first kappa shape index (κ1) is 25.1. The third kappa shape index (κ3) is 15.4. The van der Waals surface area contributed by atoms with E-state index in [1.807, 2.05) is 0 Å². The number of hydrogen-bond donors (Lipinski definition) is 2. The fourth-order valence-electron chi connectivity index (χ4n) is 2.89. The summed E-state index contributed by atoms with van der Waals surface area (Å²) in [6, 6.07) is 0. The summed E-state index contributed by atoms with van der Waals surface area (Å²) in [6.07, 6.45) is 7.94. The van der Waals surface area contributed by atoms with E-state index in [1.165, 1.54) is 12.8 Å². The number of carbonyl (C=O) groups is 2. The second-order valence-corrected chi connectivity index (χ2v) is 10.1. The zero-order chi connectivity index (χ0) is 20.2. The number of carbonyl (C=O) groups excluding carboxylic acids is 2. The van der Waals surface area contributed by atoms with Crippen molar-refractivity contribution in [2.24, 2.45) is 22.5 Å². The number of ketones is 1. The van der Waals surface area contributed by atoms with Crippen molar-refractivity contribution in [1.29, 1.82) is 0 Å². The van der Waals surface area contributed by atoms with Crippen molar-refractivity contribution in [3.05, 3.63) is 0 Å².